The Kier molecular flexibility index (Phi) is 4.34. The van der Waals surface area contributed by atoms with Crippen LogP contribution in [0.1, 0.15) is 71.6 Å². The molecule has 2 heterocycles. The molecule has 150 valence electrons. The highest BCUT2D eigenvalue weighted by Crippen LogP contribution is 2.60. The van der Waals surface area contributed by atoms with Crippen LogP contribution in [0, 0.1) is 23.2 Å². The summed E-state index contributed by atoms with van der Waals surface area (Å²) in [5.74, 6) is 1.49. The molecule has 5 unspecified atom stereocenters. The van der Waals surface area contributed by atoms with Gasteiger partial charge in [0.2, 0.25) is 0 Å². The fourth-order valence-electron chi connectivity index (χ4n) is 7.35. The molecule has 5 atom stereocenters. The number of rotatable bonds is 1. The molecule has 2 spiro atoms. The van der Waals surface area contributed by atoms with E-state index in [9.17, 15) is 4.79 Å². The van der Waals surface area contributed by atoms with Crippen molar-refractivity contribution in [1.29, 1.82) is 0 Å². The third-order valence-electron chi connectivity index (χ3n) is 8.72. The van der Waals surface area contributed by atoms with Crippen LogP contribution in [0.15, 0.2) is 11.6 Å². The minimum atomic E-state index is -0.385. The van der Waals surface area contributed by atoms with Gasteiger partial charge in [0.25, 0.3) is 0 Å². The summed E-state index contributed by atoms with van der Waals surface area (Å²) in [7, 11) is 0. The van der Waals surface area contributed by atoms with Crippen molar-refractivity contribution >= 4 is 5.78 Å². The van der Waals surface area contributed by atoms with Crippen molar-refractivity contribution in [2.75, 3.05) is 19.8 Å². The zero-order valence-electron chi connectivity index (χ0n) is 16.9. The molecule has 2 saturated heterocycles. The van der Waals surface area contributed by atoms with Crippen LogP contribution >= 0.6 is 0 Å². The summed E-state index contributed by atoms with van der Waals surface area (Å²) in [6, 6.07) is 0. The number of fused-ring (bicyclic) bond motifs is 3. The standard InChI is InChI=1S/C23H34O4/c1-16(24)19-4-5-20-18-7-11-22(27-14-17(18)6-10-21(19,20)2)8-3-9-23(15-22)25-12-13-26-23/h6,18-20H,3-5,7-15H2,1-2H3. The predicted molar refractivity (Wildman–Crippen MR) is 102 cm³/mol. The second kappa shape index (κ2) is 6.40. The first-order chi connectivity index (χ1) is 13.0. The summed E-state index contributed by atoms with van der Waals surface area (Å²) in [4.78, 5) is 12.2. The number of carbonyl (C=O) groups is 1. The molecule has 4 heteroatoms. The van der Waals surface area contributed by atoms with Gasteiger partial charge in [-0.15, -0.1) is 0 Å². The number of hydrogen-bond donors (Lipinski definition) is 0. The van der Waals surface area contributed by atoms with Gasteiger partial charge >= 0.3 is 0 Å². The molecule has 5 aliphatic rings. The molecule has 0 bridgehead atoms. The van der Waals surface area contributed by atoms with Gasteiger partial charge in [-0.3, -0.25) is 4.79 Å². The van der Waals surface area contributed by atoms with Crippen LogP contribution in [0.5, 0.6) is 0 Å². The van der Waals surface area contributed by atoms with Crippen molar-refractivity contribution in [2.45, 2.75) is 83.0 Å². The third kappa shape index (κ3) is 2.86. The van der Waals surface area contributed by atoms with E-state index in [4.69, 9.17) is 14.2 Å². The molecule has 5 rings (SSSR count). The Morgan fingerprint density at radius 2 is 1.89 bits per heavy atom. The predicted octanol–water partition coefficient (Wildman–Crippen LogP) is 4.42. The van der Waals surface area contributed by atoms with Crippen molar-refractivity contribution in [3.05, 3.63) is 11.6 Å². The second-order valence-corrected chi connectivity index (χ2v) is 10.1. The lowest BCUT2D eigenvalue weighted by Crippen LogP contribution is -2.47. The number of ether oxygens (including phenoxy) is 3. The Morgan fingerprint density at radius 1 is 1.07 bits per heavy atom. The lowest BCUT2D eigenvalue weighted by molar-refractivity contribution is -0.227. The van der Waals surface area contributed by atoms with Crippen LogP contribution in [0.25, 0.3) is 0 Å². The van der Waals surface area contributed by atoms with Crippen molar-refractivity contribution in [2.24, 2.45) is 23.2 Å². The average molecular weight is 375 g/mol. The van der Waals surface area contributed by atoms with Gasteiger partial charge in [-0.2, -0.15) is 0 Å². The number of allylic oxidation sites excluding steroid dienone is 1. The Balaban J connectivity index is 1.37. The first-order valence-corrected chi connectivity index (χ1v) is 11.1. The monoisotopic (exact) mass is 374 g/mol. The molecule has 0 amide bonds. The number of carbonyl (C=O) groups excluding carboxylic acids is 1. The average Bonchev–Trinajstić information content (AvgIpc) is 3.18. The van der Waals surface area contributed by atoms with E-state index in [0.717, 1.165) is 64.8 Å². The Labute approximate surface area is 163 Å². The molecule has 4 fully saturated rings. The van der Waals surface area contributed by atoms with Gasteiger partial charge in [0.05, 0.1) is 25.4 Å². The van der Waals surface area contributed by atoms with E-state index >= 15 is 0 Å². The van der Waals surface area contributed by atoms with Crippen molar-refractivity contribution in [1.82, 2.24) is 0 Å². The molecule has 0 N–H and O–H groups in total. The maximum absolute atomic E-state index is 12.2. The van der Waals surface area contributed by atoms with E-state index in [1.54, 1.807) is 6.92 Å². The smallest absolute Gasteiger partial charge is 0.171 e. The molecule has 27 heavy (non-hydrogen) atoms. The van der Waals surface area contributed by atoms with Gasteiger partial charge in [-0.1, -0.05) is 13.0 Å². The van der Waals surface area contributed by atoms with E-state index in [2.05, 4.69) is 13.0 Å². The molecular weight excluding hydrogens is 340 g/mol. The van der Waals surface area contributed by atoms with Crippen molar-refractivity contribution in [3.8, 4) is 0 Å². The highest BCUT2D eigenvalue weighted by molar-refractivity contribution is 5.79. The molecule has 2 aliphatic heterocycles. The molecule has 0 aromatic rings. The largest absolute Gasteiger partial charge is 0.370 e. The van der Waals surface area contributed by atoms with Crippen LogP contribution in [0.4, 0.5) is 0 Å². The summed E-state index contributed by atoms with van der Waals surface area (Å²) >= 11 is 0. The van der Waals surface area contributed by atoms with E-state index < -0.39 is 0 Å². The lowest BCUT2D eigenvalue weighted by atomic mass is 9.60. The second-order valence-electron chi connectivity index (χ2n) is 10.1. The zero-order chi connectivity index (χ0) is 18.7. The van der Waals surface area contributed by atoms with Gasteiger partial charge in [0.15, 0.2) is 5.79 Å². The maximum Gasteiger partial charge on any atom is 0.171 e. The van der Waals surface area contributed by atoms with Crippen molar-refractivity contribution in [3.63, 3.8) is 0 Å². The summed E-state index contributed by atoms with van der Waals surface area (Å²) in [5, 5.41) is 0. The van der Waals surface area contributed by atoms with Crippen molar-refractivity contribution < 1.29 is 19.0 Å². The topological polar surface area (TPSA) is 44.8 Å². The lowest BCUT2D eigenvalue weighted by Gasteiger charge is -2.44. The normalized spacial score (nSPS) is 46.0. The van der Waals surface area contributed by atoms with Gasteiger partial charge in [0.1, 0.15) is 5.78 Å². The number of hydrogen-bond acceptors (Lipinski definition) is 4. The first kappa shape index (κ1) is 18.3. The van der Waals surface area contributed by atoms with Crippen LogP contribution in [0.2, 0.25) is 0 Å². The van der Waals surface area contributed by atoms with Gasteiger partial charge in [-0.05, 0) is 74.7 Å². The fourth-order valence-corrected chi connectivity index (χ4v) is 7.35. The summed E-state index contributed by atoms with van der Waals surface area (Å²) < 4.78 is 18.7. The summed E-state index contributed by atoms with van der Waals surface area (Å²) in [5.41, 5.74) is 1.57. The quantitative estimate of drug-likeness (QED) is 0.637. The molecule has 0 aromatic carbocycles. The zero-order valence-corrected chi connectivity index (χ0v) is 16.9. The van der Waals surface area contributed by atoms with Gasteiger partial charge in [0, 0.05) is 18.8 Å². The fraction of sp³-hybridized carbons (Fsp3) is 0.870. The molecule has 3 aliphatic carbocycles. The Bertz CT molecular complexity index is 649. The molecule has 0 aromatic heterocycles. The van der Waals surface area contributed by atoms with Gasteiger partial charge < -0.3 is 14.2 Å². The third-order valence-corrected chi connectivity index (χ3v) is 8.72. The Hall–Kier alpha value is -0.710. The van der Waals surface area contributed by atoms with Crippen LogP contribution < -0.4 is 0 Å². The molecule has 2 saturated carbocycles. The molecule has 4 nitrogen and oxygen atoms in total. The minimum absolute atomic E-state index is 0.0875. The number of ketones is 1. The summed E-state index contributed by atoms with van der Waals surface area (Å²) in [6.45, 7) is 6.37. The number of Topliss-reactive ketones (excluding diaryl/α,β-unsaturated/α-hetero) is 1. The highest BCUT2D eigenvalue weighted by Gasteiger charge is 2.55. The van der Waals surface area contributed by atoms with Gasteiger partial charge in [-0.25, -0.2) is 0 Å². The van der Waals surface area contributed by atoms with Crippen LogP contribution in [0.3, 0.4) is 0 Å². The SMILES string of the molecule is CC(=O)C1CCC2C3CCC4(CCCC5(C4)OCCO5)OCC3=CCC12C. The van der Waals surface area contributed by atoms with Crippen LogP contribution in [-0.4, -0.2) is 37.0 Å². The van der Waals surface area contributed by atoms with E-state index in [-0.39, 0.29) is 22.7 Å². The molecular formula is C23H34O4. The summed E-state index contributed by atoms with van der Waals surface area (Å²) in [6.07, 6.45) is 12.2. The van der Waals surface area contributed by atoms with E-state index in [0.29, 0.717) is 17.6 Å². The Morgan fingerprint density at radius 3 is 2.67 bits per heavy atom. The van der Waals surface area contributed by atoms with Crippen LogP contribution in [-0.2, 0) is 19.0 Å². The van der Waals surface area contributed by atoms with E-state index in [1.165, 1.54) is 18.4 Å². The minimum Gasteiger partial charge on any atom is -0.370 e. The van der Waals surface area contributed by atoms with E-state index in [1.807, 2.05) is 0 Å². The first-order valence-electron chi connectivity index (χ1n) is 11.1. The highest BCUT2D eigenvalue weighted by atomic mass is 16.7. The maximum atomic E-state index is 12.2. The molecule has 0 radical (unpaired) electrons.